The highest BCUT2D eigenvalue weighted by atomic mass is 16.1. The van der Waals surface area contributed by atoms with Crippen molar-refractivity contribution >= 4 is 5.91 Å². The summed E-state index contributed by atoms with van der Waals surface area (Å²) >= 11 is 0. The Kier molecular flexibility index (Phi) is 4.92. The maximum Gasteiger partial charge on any atom is 0.234 e. The third-order valence-electron chi connectivity index (χ3n) is 2.44. The van der Waals surface area contributed by atoms with Crippen LogP contribution in [0.25, 0.3) is 0 Å². The van der Waals surface area contributed by atoms with E-state index in [-0.39, 0.29) is 17.9 Å². The molecule has 1 atom stereocenters. The highest BCUT2D eigenvalue weighted by molar-refractivity contribution is 5.80. The quantitative estimate of drug-likeness (QED) is 0.744. The zero-order chi connectivity index (χ0) is 12.0. The molecule has 0 bridgehead atoms. The first kappa shape index (κ1) is 12.6. The number of aromatic nitrogens is 1. The highest BCUT2D eigenvalue weighted by Crippen LogP contribution is 2.01. The van der Waals surface area contributed by atoms with Gasteiger partial charge >= 0.3 is 0 Å². The van der Waals surface area contributed by atoms with Crippen LogP contribution < -0.4 is 11.1 Å². The predicted octanol–water partition coefficient (Wildman–Crippen LogP) is 0.724. The number of carbonyl (C=O) groups excluding carboxylic acids is 1. The van der Waals surface area contributed by atoms with E-state index in [0.717, 1.165) is 12.1 Å². The number of carbonyl (C=O) groups is 1. The van der Waals surface area contributed by atoms with Crippen molar-refractivity contribution in [2.75, 3.05) is 6.54 Å². The van der Waals surface area contributed by atoms with Gasteiger partial charge in [0.1, 0.15) is 0 Å². The molecule has 0 aliphatic heterocycles. The van der Waals surface area contributed by atoms with E-state index in [1.807, 2.05) is 32.0 Å². The number of rotatable bonds is 6. The second kappa shape index (κ2) is 6.23. The van der Waals surface area contributed by atoms with Crippen LogP contribution in [0.3, 0.4) is 0 Å². The van der Waals surface area contributed by atoms with Gasteiger partial charge in [-0.2, -0.15) is 0 Å². The zero-order valence-corrected chi connectivity index (χ0v) is 9.81. The van der Waals surface area contributed by atoms with Gasteiger partial charge in [0.05, 0.1) is 6.04 Å². The Labute approximate surface area is 96.3 Å². The Morgan fingerprint density at radius 1 is 1.50 bits per heavy atom. The largest absolute Gasteiger partial charge is 0.368 e. The van der Waals surface area contributed by atoms with Crippen LogP contribution in [0.5, 0.6) is 0 Å². The smallest absolute Gasteiger partial charge is 0.234 e. The average molecular weight is 221 g/mol. The summed E-state index contributed by atoms with van der Waals surface area (Å²) in [4.78, 5) is 15.3. The lowest BCUT2D eigenvalue weighted by Gasteiger charge is -2.18. The molecule has 4 heteroatoms. The monoisotopic (exact) mass is 221 g/mol. The molecule has 1 amide bonds. The second-order valence-corrected chi connectivity index (χ2v) is 4.15. The van der Waals surface area contributed by atoms with Crippen molar-refractivity contribution in [3.8, 4) is 0 Å². The number of nitrogens with one attached hydrogen (secondary N) is 1. The Morgan fingerprint density at radius 3 is 2.75 bits per heavy atom. The minimum absolute atomic E-state index is 0.209. The van der Waals surface area contributed by atoms with E-state index in [0.29, 0.717) is 6.54 Å². The summed E-state index contributed by atoms with van der Waals surface area (Å²) in [5.41, 5.74) is 6.32. The molecular weight excluding hydrogens is 202 g/mol. The summed E-state index contributed by atoms with van der Waals surface area (Å²) in [5.74, 6) is -0.0859. The van der Waals surface area contributed by atoms with Crippen LogP contribution in [0.15, 0.2) is 24.4 Å². The van der Waals surface area contributed by atoms with E-state index in [1.54, 1.807) is 6.20 Å². The van der Waals surface area contributed by atoms with E-state index in [1.165, 1.54) is 0 Å². The number of hydrogen-bond acceptors (Lipinski definition) is 3. The summed E-state index contributed by atoms with van der Waals surface area (Å²) in [5, 5.41) is 3.15. The van der Waals surface area contributed by atoms with E-state index >= 15 is 0 Å². The number of primary amides is 1. The summed E-state index contributed by atoms with van der Waals surface area (Å²) in [6.45, 7) is 4.66. The normalized spacial score (nSPS) is 12.7. The molecule has 88 valence electrons. The van der Waals surface area contributed by atoms with Crippen LogP contribution in [0.4, 0.5) is 0 Å². The van der Waals surface area contributed by atoms with Crippen molar-refractivity contribution in [2.45, 2.75) is 26.3 Å². The molecule has 1 aromatic heterocycles. The van der Waals surface area contributed by atoms with Crippen molar-refractivity contribution < 1.29 is 4.79 Å². The number of amides is 1. The molecule has 4 nitrogen and oxygen atoms in total. The Balaban J connectivity index is 2.37. The zero-order valence-electron chi connectivity index (χ0n) is 9.81. The first-order valence-electron chi connectivity index (χ1n) is 5.54. The van der Waals surface area contributed by atoms with Gasteiger partial charge < -0.3 is 11.1 Å². The molecule has 1 unspecified atom stereocenters. The molecule has 1 aromatic rings. The Morgan fingerprint density at radius 2 is 2.25 bits per heavy atom. The minimum Gasteiger partial charge on any atom is -0.368 e. The van der Waals surface area contributed by atoms with Crippen LogP contribution in [0.2, 0.25) is 0 Å². The molecule has 0 aliphatic carbocycles. The summed E-state index contributed by atoms with van der Waals surface area (Å²) in [7, 11) is 0. The number of pyridine rings is 1. The minimum atomic E-state index is -0.295. The second-order valence-electron chi connectivity index (χ2n) is 4.15. The van der Waals surface area contributed by atoms with Gasteiger partial charge in [-0.3, -0.25) is 9.78 Å². The van der Waals surface area contributed by atoms with Gasteiger partial charge in [0.15, 0.2) is 0 Å². The number of nitrogens with zero attached hydrogens (tertiary/aromatic N) is 1. The molecule has 0 saturated heterocycles. The fourth-order valence-corrected chi connectivity index (χ4v) is 1.57. The fraction of sp³-hybridized carbons (Fsp3) is 0.500. The SMILES string of the molecule is CC(C)C(NCCc1ccccn1)C(N)=O. The Hall–Kier alpha value is -1.42. The first-order chi connectivity index (χ1) is 7.61. The van der Waals surface area contributed by atoms with Crippen molar-refractivity contribution in [1.29, 1.82) is 0 Å². The lowest BCUT2D eigenvalue weighted by atomic mass is 10.0. The van der Waals surface area contributed by atoms with Crippen LogP contribution in [-0.2, 0) is 11.2 Å². The Bertz CT molecular complexity index is 324. The van der Waals surface area contributed by atoms with Crippen LogP contribution >= 0.6 is 0 Å². The predicted molar refractivity (Wildman–Crippen MR) is 63.8 cm³/mol. The molecule has 0 radical (unpaired) electrons. The molecule has 0 aromatic carbocycles. The molecule has 1 heterocycles. The maximum absolute atomic E-state index is 11.1. The van der Waals surface area contributed by atoms with Crippen LogP contribution in [0.1, 0.15) is 19.5 Å². The van der Waals surface area contributed by atoms with Crippen molar-refractivity contribution in [3.63, 3.8) is 0 Å². The number of hydrogen-bond donors (Lipinski definition) is 2. The summed E-state index contributed by atoms with van der Waals surface area (Å²) < 4.78 is 0. The highest BCUT2D eigenvalue weighted by Gasteiger charge is 2.17. The fourth-order valence-electron chi connectivity index (χ4n) is 1.57. The topological polar surface area (TPSA) is 68.0 Å². The lowest BCUT2D eigenvalue weighted by molar-refractivity contribution is -0.120. The van der Waals surface area contributed by atoms with Gasteiger partial charge in [0.2, 0.25) is 5.91 Å². The summed E-state index contributed by atoms with van der Waals surface area (Å²) in [6.07, 6.45) is 2.57. The molecule has 16 heavy (non-hydrogen) atoms. The molecule has 0 saturated carbocycles. The van der Waals surface area contributed by atoms with Crippen LogP contribution in [0, 0.1) is 5.92 Å². The molecule has 1 rings (SSSR count). The van der Waals surface area contributed by atoms with Crippen molar-refractivity contribution in [1.82, 2.24) is 10.3 Å². The van der Waals surface area contributed by atoms with E-state index in [2.05, 4.69) is 10.3 Å². The molecular formula is C12H19N3O. The van der Waals surface area contributed by atoms with E-state index < -0.39 is 0 Å². The van der Waals surface area contributed by atoms with Gasteiger partial charge in [-0.25, -0.2) is 0 Å². The van der Waals surface area contributed by atoms with Gasteiger partial charge in [0, 0.05) is 24.9 Å². The molecule has 3 N–H and O–H groups in total. The van der Waals surface area contributed by atoms with E-state index in [4.69, 9.17) is 5.73 Å². The lowest BCUT2D eigenvalue weighted by Crippen LogP contribution is -2.45. The molecule has 0 spiro atoms. The van der Waals surface area contributed by atoms with Crippen LogP contribution in [-0.4, -0.2) is 23.5 Å². The van der Waals surface area contributed by atoms with Gasteiger partial charge in [-0.15, -0.1) is 0 Å². The van der Waals surface area contributed by atoms with Crippen molar-refractivity contribution in [2.24, 2.45) is 11.7 Å². The average Bonchev–Trinajstić information content (AvgIpc) is 2.24. The standard InChI is InChI=1S/C12H19N3O/c1-9(2)11(12(13)16)15-8-6-10-5-3-4-7-14-10/h3-5,7,9,11,15H,6,8H2,1-2H3,(H2,13,16). The van der Waals surface area contributed by atoms with Gasteiger partial charge in [-0.1, -0.05) is 19.9 Å². The summed E-state index contributed by atoms with van der Waals surface area (Å²) in [6, 6.07) is 5.55. The first-order valence-corrected chi connectivity index (χ1v) is 5.54. The number of nitrogens with two attached hydrogens (primary N) is 1. The van der Waals surface area contributed by atoms with Gasteiger partial charge in [0.25, 0.3) is 0 Å². The maximum atomic E-state index is 11.1. The third kappa shape index (κ3) is 3.98. The molecule has 0 fully saturated rings. The van der Waals surface area contributed by atoms with Gasteiger partial charge in [-0.05, 0) is 18.1 Å². The van der Waals surface area contributed by atoms with Crippen molar-refractivity contribution in [3.05, 3.63) is 30.1 Å². The van der Waals surface area contributed by atoms with E-state index in [9.17, 15) is 4.79 Å². The third-order valence-corrected chi connectivity index (χ3v) is 2.44. The molecule has 0 aliphatic rings.